The third-order valence-corrected chi connectivity index (χ3v) is 2.52. The zero-order valence-corrected chi connectivity index (χ0v) is 8.81. The van der Waals surface area contributed by atoms with Crippen molar-refractivity contribution in [1.29, 1.82) is 0 Å². The van der Waals surface area contributed by atoms with Crippen molar-refractivity contribution < 1.29 is 4.74 Å². The van der Waals surface area contributed by atoms with Crippen LogP contribution in [0.1, 0.15) is 12.5 Å². The first-order valence-corrected chi connectivity index (χ1v) is 4.60. The van der Waals surface area contributed by atoms with Crippen LogP contribution in [-0.2, 0) is 6.42 Å². The SMILES string of the molecule is CCc1cc(N)c(OC)cc1Br. The molecule has 0 atom stereocenters. The molecule has 3 heteroatoms. The van der Waals surface area contributed by atoms with E-state index in [1.54, 1.807) is 7.11 Å². The Kier molecular flexibility index (Phi) is 2.98. The number of benzene rings is 1. The van der Waals surface area contributed by atoms with Crippen LogP contribution in [0, 0.1) is 0 Å². The summed E-state index contributed by atoms with van der Waals surface area (Å²) in [6, 6.07) is 3.83. The summed E-state index contributed by atoms with van der Waals surface area (Å²) in [5.74, 6) is 0.721. The van der Waals surface area contributed by atoms with Crippen LogP contribution in [0.4, 0.5) is 5.69 Å². The van der Waals surface area contributed by atoms with Crippen LogP contribution >= 0.6 is 15.9 Å². The Hall–Kier alpha value is -0.700. The molecule has 0 unspecified atom stereocenters. The van der Waals surface area contributed by atoms with Gasteiger partial charge in [-0.1, -0.05) is 22.9 Å². The van der Waals surface area contributed by atoms with Gasteiger partial charge in [-0.3, -0.25) is 0 Å². The van der Waals surface area contributed by atoms with Gasteiger partial charge in [0.05, 0.1) is 12.8 Å². The van der Waals surface area contributed by atoms with Gasteiger partial charge in [-0.05, 0) is 24.1 Å². The van der Waals surface area contributed by atoms with Crippen molar-refractivity contribution in [2.24, 2.45) is 0 Å². The summed E-state index contributed by atoms with van der Waals surface area (Å²) in [4.78, 5) is 0. The second kappa shape index (κ2) is 3.81. The number of anilines is 1. The number of nitrogens with two attached hydrogens (primary N) is 1. The van der Waals surface area contributed by atoms with Gasteiger partial charge in [0.25, 0.3) is 0 Å². The fraction of sp³-hybridized carbons (Fsp3) is 0.333. The summed E-state index contributed by atoms with van der Waals surface area (Å²) in [5.41, 5.74) is 7.62. The van der Waals surface area contributed by atoms with Crippen molar-refractivity contribution in [3.8, 4) is 5.75 Å². The van der Waals surface area contributed by atoms with E-state index in [0.717, 1.165) is 16.6 Å². The molecule has 0 saturated carbocycles. The van der Waals surface area contributed by atoms with Gasteiger partial charge in [-0.2, -0.15) is 0 Å². The molecule has 2 nitrogen and oxygen atoms in total. The summed E-state index contributed by atoms with van der Waals surface area (Å²) in [7, 11) is 1.61. The molecule has 0 aliphatic rings. The predicted molar refractivity (Wildman–Crippen MR) is 54.5 cm³/mol. The zero-order valence-electron chi connectivity index (χ0n) is 7.23. The molecular weight excluding hydrogens is 218 g/mol. The van der Waals surface area contributed by atoms with Crippen LogP contribution < -0.4 is 10.5 Å². The van der Waals surface area contributed by atoms with E-state index in [1.165, 1.54) is 5.56 Å². The highest BCUT2D eigenvalue weighted by Gasteiger charge is 2.04. The van der Waals surface area contributed by atoms with Crippen molar-refractivity contribution in [3.05, 3.63) is 22.2 Å². The number of nitrogen functional groups attached to an aromatic ring is 1. The molecule has 0 spiro atoms. The fourth-order valence-corrected chi connectivity index (χ4v) is 1.67. The number of hydrogen-bond acceptors (Lipinski definition) is 2. The van der Waals surface area contributed by atoms with E-state index in [0.29, 0.717) is 5.69 Å². The Labute approximate surface area is 80.8 Å². The molecule has 12 heavy (non-hydrogen) atoms. The third-order valence-electron chi connectivity index (χ3n) is 1.78. The minimum absolute atomic E-state index is 0.692. The lowest BCUT2D eigenvalue weighted by atomic mass is 10.1. The highest BCUT2D eigenvalue weighted by Crippen LogP contribution is 2.29. The Bertz CT molecular complexity index is 256. The van der Waals surface area contributed by atoms with Gasteiger partial charge in [0.1, 0.15) is 5.75 Å². The number of methoxy groups -OCH3 is 1. The maximum atomic E-state index is 5.73. The van der Waals surface area contributed by atoms with Crippen LogP contribution in [-0.4, -0.2) is 7.11 Å². The molecule has 0 aromatic heterocycles. The van der Waals surface area contributed by atoms with Crippen LogP contribution in [0.3, 0.4) is 0 Å². The van der Waals surface area contributed by atoms with Gasteiger partial charge in [0.2, 0.25) is 0 Å². The standard InChI is InChI=1S/C9H12BrNO/c1-3-6-4-8(11)9(12-2)5-7(6)10/h4-5H,3,11H2,1-2H3. The lowest BCUT2D eigenvalue weighted by Crippen LogP contribution is -1.94. The van der Waals surface area contributed by atoms with E-state index in [2.05, 4.69) is 22.9 Å². The maximum absolute atomic E-state index is 5.73. The van der Waals surface area contributed by atoms with Gasteiger partial charge in [-0.15, -0.1) is 0 Å². The number of rotatable bonds is 2. The first-order chi connectivity index (χ1) is 5.69. The Morgan fingerprint density at radius 3 is 2.67 bits per heavy atom. The first-order valence-electron chi connectivity index (χ1n) is 3.81. The van der Waals surface area contributed by atoms with E-state index >= 15 is 0 Å². The molecule has 0 radical (unpaired) electrons. The second-order valence-corrected chi connectivity index (χ2v) is 3.39. The molecule has 0 fully saturated rings. The molecular formula is C9H12BrNO. The predicted octanol–water partition coefficient (Wildman–Crippen LogP) is 2.60. The summed E-state index contributed by atoms with van der Waals surface area (Å²) in [6.07, 6.45) is 0.967. The zero-order chi connectivity index (χ0) is 9.14. The first kappa shape index (κ1) is 9.39. The van der Waals surface area contributed by atoms with E-state index in [4.69, 9.17) is 10.5 Å². The highest BCUT2D eigenvalue weighted by molar-refractivity contribution is 9.10. The van der Waals surface area contributed by atoms with E-state index in [-0.39, 0.29) is 0 Å². The van der Waals surface area contributed by atoms with Crippen LogP contribution in [0.5, 0.6) is 5.75 Å². The summed E-state index contributed by atoms with van der Waals surface area (Å²) < 4.78 is 6.12. The molecule has 0 bridgehead atoms. The smallest absolute Gasteiger partial charge is 0.142 e. The molecule has 0 amide bonds. The minimum atomic E-state index is 0.692. The quantitative estimate of drug-likeness (QED) is 0.792. The molecule has 0 heterocycles. The Morgan fingerprint density at radius 1 is 1.50 bits per heavy atom. The lowest BCUT2D eigenvalue weighted by Gasteiger charge is -2.07. The van der Waals surface area contributed by atoms with E-state index < -0.39 is 0 Å². The summed E-state index contributed by atoms with van der Waals surface area (Å²) in [6.45, 7) is 2.09. The highest BCUT2D eigenvalue weighted by atomic mass is 79.9. The molecule has 2 N–H and O–H groups in total. The topological polar surface area (TPSA) is 35.2 Å². The minimum Gasteiger partial charge on any atom is -0.495 e. The number of halogens is 1. The maximum Gasteiger partial charge on any atom is 0.142 e. The largest absolute Gasteiger partial charge is 0.495 e. The molecule has 0 aliphatic carbocycles. The van der Waals surface area contributed by atoms with Crippen LogP contribution in [0.2, 0.25) is 0 Å². The van der Waals surface area contributed by atoms with E-state index in [1.807, 2.05) is 12.1 Å². The van der Waals surface area contributed by atoms with Crippen LogP contribution in [0.25, 0.3) is 0 Å². The van der Waals surface area contributed by atoms with Gasteiger partial charge < -0.3 is 10.5 Å². The summed E-state index contributed by atoms with van der Waals surface area (Å²) in [5, 5.41) is 0. The number of ether oxygens (including phenoxy) is 1. The van der Waals surface area contributed by atoms with Gasteiger partial charge >= 0.3 is 0 Å². The van der Waals surface area contributed by atoms with Crippen molar-refractivity contribution in [2.45, 2.75) is 13.3 Å². The average molecular weight is 230 g/mol. The molecule has 1 aromatic carbocycles. The number of hydrogen-bond donors (Lipinski definition) is 1. The molecule has 1 aromatic rings. The summed E-state index contributed by atoms with van der Waals surface area (Å²) >= 11 is 3.45. The van der Waals surface area contributed by atoms with Crippen molar-refractivity contribution in [2.75, 3.05) is 12.8 Å². The van der Waals surface area contributed by atoms with Crippen molar-refractivity contribution in [1.82, 2.24) is 0 Å². The molecule has 0 aliphatic heterocycles. The normalized spacial score (nSPS) is 9.92. The third kappa shape index (κ3) is 1.72. The Morgan fingerprint density at radius 2 is 2.17 bits per heavy atom. The molecule has 0 saturated heterocycles. The van der Waals surface area contributed by atoms with Gasteiger partial charge in [0, 0.05) is 4.47 Å². The lowest BCUT2D eigenvalue weighted by molar-refractivity contribution is 0.416. The Balaban J connectivity index is 3.16. The molecule has 66 valence electrons. The second-order valence-electron chi connectivity index (χ2n) is 2.54. The van der Waals surface area contributed by atoms with Crippen LogP contribution in [0.15, 0.2) is 16.6 Å². The average Bonchev–Trinajstić information content (AvgIpc) is 2.08. The van der Waals surface area contributed by atoms with Gasteiger partial charge in [-0.25, -0.2) is 0 Å². The fourth-order valence-electron chi connectivity index (χ4n) is 1.07. The van der Waals surface area contributed by atoms with Gasteiger partial charge in [0.15, 0.2) is 0 Å². The van der Waals surface area contributed by atoms with E-state index in [9.17, 15) is 0 Å². The van der Waals surface area contributed by atoms with Crippen molar-refractivity contribution in [3.63, 3.8) is 0 Å². The molecule has 1 rings (SSSR count). The van der Waals surface area contributed by atoms with Crippen molar-refractivity contribution >= 4 is 21.6 Å². The monoisotopic (exact) mass is 229 g/mol. The number of aryl methyl sites for hydroxylation is 1.